The maximum atomic E-state index is 13.1. The predicted octanol–water partition coefficient (Wildman–Crippen LogP) is 3.45. The number of amides is 1. The molecule has 0 saturated heterocycles. The van der Waals surface area contributed by atoms with Gasteiger partial charge in [0.15, 0.2) is 0 Å². The highest BCUT2D eigenvalue weighted by Crippen LogP contribution is 2.34. The minimum atomic E-state index is -0.423. The lowest BCUT2D eigenvalue weighted by Crippen LogP contribution is -2.38. The summed E-state index contributed by atoms with van der Waals surface area (Å²) in [4.78, 5) is 31.1. The van der Waals surface area contributed by atoms with Crippen molar-refractivity contribution in [3.05, 3.63) is 65.9 Å². The van der Waals surface area contributed by atoms with E-state index in [1.54, 1.807) is 48.4 Å². The molecule has 0 atom stereocenters. The van der Waals surface area contributed by atoms with E-state index in [4.69, 9.17) is 9.47 Å². The lowest BCUT2D eigenvalue weighted by Gasteiger charge is -2.30. The third-order valence-corrected chi connectivity index (χ3v) is 4.43. The monoisotopic (exact) mass is 362 g/mol. The van der Waals surface area contributed by atoms with E-state index in [1.807, 2.05) is 18.2 Å². The van der Waals surface area contributed by atoms with Crippen molar-refractivity contribution in [3.63, 3.8) is 0 Å². The van der Waals surface area contributed by atoms with Crippen molar-refractivity contribution in [3.8, 4) is 5.75 Å². The normalized spacial score (nSPS) is 13.0. The third-order valence-electron chi connectivity index (χ3n) is 4.43. The van der Waals surface area contributed by atoms with Crippen molar-refractivity contribution >= 4 is 28.5 Å². The summed E-state index contributed by atoms with van der Waals surface area (Å²) in [7, 11) is 0. The summed E-state index contributed by atoms with van der Waals surface area (Å²) in [6, 6.07) is 14.2. The Kier molecular flexibility index (Phi) is 4.46. The molecule has 0 aliphatic carbocycles. The fourth-order valence-electron chi connectivity index (χ4n) is 3.13. The van der Waals surface area contributed by atoms with Crippen LogP contribution >= 0.6 is 0 Å². The number of ether oxygens (including phenoxy) is 2. The van der Waals surface area contributed by atoms with Gasteiger partial charge in [-0.1, -0.05) is 12.1 Å². The van der Waals surface area contributed by atoms with Gasteiger partial charge < -0.3 is 14.4 Å². The zero-order valence-electron chi connectivity index (χ0n) is 14.8. The van der Waals surface area contributed by atoms with Gasteiger partial charge in [0.25, 0.3) is 5.91 Å². The van der Waals surface area contributed by atoms with Gasteiger partial charge >= 0.3 is 5.97 Å². The van der Waals surface area contributed by atoms with Gasteiger partial charge in [0, 0.05) is 17.1 Å². The molecule has 0 bridgehead atoms. The molecule has 1 aromatic heterocycles. The van der Waals surface area contributed by atoms with Gasteiger partial charge in [-0.3, -0.25) is 9.78 Å². The quantitative estimate of drug-likeness (QED) is 0.668. The Balaban J connectivity index is 1.71. The summed E-state index contributed by atoms with van der Waals surface area (Å²) in [5, 5.41) is 0.973. The topological polar surface area (TPSA) is 68.7 Å². The van der Waals surface area contributed by atoms with Gasteiger partial charge in [0.05, 0.1) is 29.9 Å². The van der Waals surface area contributed by atoms with E-state index in [1.165, 1.54) is 0 Å². The van der Waals surface area contributed by atoms with Gasteiger partial charge in [-0.15, -0.1) is 0 Å². The number of esters is 1. The maximum Gasteiger partial charge on any atom is 0.338 e. The van der Waals surface area contributed by atoms with Crippen LogP contribution in [0.5, 0.6) is 5.75 Å². The molecule has 1 amide bonds. The Bertz CT molecular complexity index is 1030. The second kappa shape index (κ2) is 7.07. The molecule has 1 aliphatic rings. The van der Waals surface area contributed by atoms with E-state index >= 15 is 0 Å². The number of carbonyl (C=O) groups excluding carboxylic acids is 2. The SMILES string of the molecule is CCOC(=O)c1ccc2c(c1)N(C(=O)c1ccc3cccnc3c1)CCO2. The first kappa shape index (κ1) is 17.0. The summed E-state index contributed by atoms with van der Waals surface area (Å²) in [6.07, 6.45) is 1.70. The number of anilines is 1. The molecule has 0 saturated carbocycles. The summed E-state index contributed by atoms with van der Waals surface area (Å²) >= 11 is 0. The molecule has 27 heavy (non-hydrogen) atoms. The van der Waals surface area contributed by atoms with E-state index in [2.05, 4.69) is 4.98 Å². The van der Waals surface area contributed by atoms with Gasteiger partial charge in [-0.05, 0) is 43.3 Å². The van der Waals surface area contributed by atoms with Crippen molar-refractivity contribution in [1.82, 2.24) is 4.98 Å². The largest absolute Gasteiger partial charge is 0.490 e. The Labute approximate surface area is 156 Å². The molecule has 6 heteroatoms. The summed E-state index contributed by atoms with van der Waals surface area (Å²) in [6.45, 7) is 2.84. The third kappa shape index (κ3) is 3.21. The Morgan fingerprint density at radius 1 is 1.15 bits per heavy atom. The van der Waals surface area contributed by atoms with E-state index in [9.17, 15) is 9.59 Å². The highest BCUT2D eigenvalue weighted by Gasteiger charge is 2.26. The van der Waals surface area contributed by atoms with E-state index in [0.29, 0.717) is 42.3 Å². The average molecular weight is 362 g/mol. The second-order valence-corrected chi connectivity index (χ2v) is 6.12. The standard InChI is InChI=1S/C21H18N2O4/c1-2-26-21(25)16-7-8-19-18(13-16)23(10-11-27-19)20(24)15-6-5-14-4-3-9-22-17(14)12-15/h3-9,12-13H,2,10-11H2,1H3. The minimum absolute atomic E-state index is 0.159. The van der Waals surface area contributed by atoms with Crippen molar-refractivity contribution in [2.75, 3.05) is 24.7 Å². The maximum absolute atomic E-state index is 13.1. The van der Waals surface area contributed by atoms with Crippen molar-refractivity contribution in [2.45, 2.75) is 6.92 Å². The molecule has 3 aromatic rings. The van der Waals surface area contributed by atoms with Crippen LogP contribution < -0.4 is 9.64 Å². The lowest BCUT2D eigenvalue weighted by atomic mass is 10.1. The summed E-state index contributed by atoms with van der Waals surface area (Å²) in [5.74, 6) is -0.0112. The number of nitrogens with zero attached hydrogens (tertiary/aromatic N) is 2. The molecule has 0 unspecified atom stereocenters. The fourth-order valence-corrected chi connectivity index (χ4v) is 3.13. The van der Waals surface area contributed by atoms with Crippen LogP contribution in [0.1, 0.15) is 27.6 Å². The summed E-state index contributed by atoms with van der Waals surface area (Å²) in [5.41, 5.74) is 2.25. The Morgan fingerprint density at radius 2 is 2.00 bits per heavy atom. The number of rotatable bonds is 3. The van der Waals surface area contributed by atoms with Crippen LogP contribution in [0, 0.1) is 0 Å². The first-order valence-electron chi connectivity index (χ1n) is 8.78. The smallest absolute Gasteiger partial charge is 0.338 e. The summed E-state index contributed by atoms with van der Waals surface area (Å²) < 4.78 is 10.7. The zero-order valence-corrected chi connectivity index (χ0v) is 14.8. The molecule has 2 heterocycles. The first-order valence-corrected chi connectivity index (χ1v) is 8.78. The zero-order chi connectivity index (χ0) is 18.8. The molecule has 6 nitrogen and oxygen atoms in total. The molecule has 2 aromatic carbocycles. The molecule has 0 radical (unpaired) electrons. The van der Waals surface area contributed by atoms with Crippen LogP contribution in [0.4, 0.5) is 5.69 Å². The number of hydrogen-bond donors (Lipinski definition) is 0. The molecular formula is C21H18N2O4. The van der Waals surface area contributed by atoms with Gasteiger partial charge in [-0.2, -0.15) is 0 Å². The molecule has 0 fully saturated rings. The molecule has 0 N–H and O–H groups in total. The fraction of sp³-hybridized carbons (Fsp3) is 0.190. The Morgan fingerprint density at radius 3 is 2.85 bits per heavy atom. The predicted molar refractivity (Wildman–Crippen MR) is 101 cm³/mol. The van der Waals surface area contributed by atoms with Gasteiger partial charge in [0.2, 0.25) is 0 Å². The van der Waals surface area contributed by atoms with Crippen LogP contribution in [0.2, 0.25) is 0 Å². The number of carbonyl (C=O) groups is 2. The molecule has 4 rings (SSSR count). The number of fused-ring (bicyclic) bond motifs is 2. The number of aromatic nitrogens is 1. The van der Waals surface area contributed by atoms with E-state index in [-0.39, 0.29) is 5.91 Å². The Hall–Kier alpha value is -3.41. The van der Waals surface area contributed by atoms with Crippen molar-refractivity contribution in [1.29, 1.82) is 0 Å². The molecule has 136 valence electrons. The number of hydrogen-bond acceptors (Lipinski definition) is 5. The van der Waals surface area contributed by atoms with E-state index < -0.39 is 5.97 Å². The van der Waals surface area contributed by atoms with E-state index in [0.717, 1.165) is 10.9 Å². The number of pyridine rings is 1. The van der Waals surface area contributed by atoms with Crippen LogP contribution in [-0.4, -0.2) is 36.6 Å². The highest BCUT2D eigenvalue weighted by molar-refractivity contribution is 6.09. The van der Waals surface area contributed by atoms with Gasteiger partial charge in [0.1, 0.15) is 12.4 Å². The second-order valence-electron chi connectivity index (χ2n) is 6.12. The minimum Gasteiger partial charge on any atom is -0.490 e. The highest BCUT2D eigenvalue weighted by atomic mass is 16.5. The van der Waals surface area contributed by atoms with Crippen molar-refractivity contribution in [2.24, 2.45) is 0 Å². The van der Waals surface area contributed by atoms with Crippen LogP contribution in [0.3, 0.4) is 0 Å². The molecule has 1 aliphatic heterocycles. The molecular weight excluding hydrogens is 344 g/mol. The first-order chi connectivity index (χ1) is 13.2. The average Bonchev–Trinajstić information content (AvgIpc) is 2.72. The number of benzene rings is 2. The van der Waals surface area contributed by atoms with Crippen LogP contribution in [0.25, 0.3) is 10.9 Å². The van der Waals surface area contributed by atoms with Crippen LogP contribution in [0.15, 0.2) is 54.7 Å². The molecule has 0 spiro atoms. The van der Waals surface area contributed by atoms with Crippen molar-refractivity contribution < 1.29 is 19.1 Å². The van der Waals surface area contributed by atoms with Gasteiger partial charge in [-0.25, -0.2) is 4.79 Å². The lowest BCUT2D eigenvalue weighted by molar-refractivity contribution is 0.0526. The van der Waals surface area contributed by atoms with Crippen LogP contribution in [-0.2, 0) is 4.74 Å².